The Labute approximate surface area is 133 Å². The van der Waals surface area contributed by atoms with Crippen LogP contribution in [-0.4, -0.2) is 29.4 Å². The van der Waals surface area contributed by atoms with Crippen molar-refractivity contribution in [1.29, 1.82) is 0 Å². The lowest BCUT2D eigenvalue weighted by Gasteiger charge is -2.34. The highest BCUT2D eigenvalue weighted by atomic mass is 79.9. The van der Waals surface area contributed by atoms with Crippen molar-refractivity contribution in [1.82, 2.24) is 4.90 Å². The molecule has 0 bridgehead atoms. The summed E-state index contributed by atoms with van der Waals surface area (Å²) >= 11 is 5.35. The van der Waals surface area contributed by atoms with Gasteiger partial charge in [-0.05, 0) is 51.0 Å². The molecule has 1 atom stereocenters. The molecule has 1 heterocycles. The van der Waals surface area contributed by atoms with Crippen LogP contribution < -0.4 is 0 Å². The second-order valence-corrected chi connectivity index (χ2v) is 7.98. The van der Waals surface area contributed by atoms with Crippen LogP contribution >= 0.6 is 27.7 Å². The first-order valence-corrected chi connectivity index (χ1v) is 8.44. The van der Waals surface area contributed by atoms with E-state index in [1.54, 1.807) is 4.90 Å². The maximum Gasteiger partial charge on any atom is 0.410 e. The van der Waals surface area contributed by atoms with Crippen molar-refractivity contribution in [2.24, 2.45) is 0 Å². The number of hydrogen-bond acceptors (Lipinski definition) is 3. The van der Waals surface area contributed by atoms with Crippen LogP contribution in [-0.2, 0) is 4.74 Å². The van der Waals surface area contributed by atoms with Crippen LogP contribution in [0.3, 0.4) is 0 Å². The van der Waals surface area contributed by atoms with Gasteiger partial charge in [-0.2, -0.15) is 0 Å². The van der Waals surface area contributed by atoms with Gasteiger partial charge in [-0.15, -0.1) is 11.8 Å². The Kier molecular flexibility index (Phi) is 4.69. The Hall–Kier alpha value is -0.680. The topological polar surface area (TPSA) is 29.5 Å². The van der Waals surface area contributed by atoms with E-state index < -0.39 is 5.60 Å². The number of nitrogens with zero attached hydrogens (tertiary/aromatic N) is 1. The van der Waals surface area contributed by atoms with Crippen molar-refractivity contribution in [3.8, 4) is 0 Å². The number of benzene rings is 1. The molecule has 1 aromatic rings. The highest BCUT2D eigenvalue weighted by Crippen LogP contribution is 2.40. The minimum atomic E-state index is -0.463. The molecule has 1 aromatic carbocycles. The Bertz CT molecular complexity index is 513. The molecule has 1 aliphatic rings. The van der Waals surface area contributed by atoms with Crippen LogP contribution in [0.4, 0.5) is 4.79 Å². The Morgan fingerprint density at radius 1 is 1.45 bits per heavy atom. The fraction of sp³-hybridized carbons (Fsp3) is 0.533. The lowest BCUT2D eigenvalue weighted by Crippen LogP contribution is -2.37. The van der Waals surface area contributed by atoms with E-state index in [1.165, 1.54) is 10.5 Å². The molecule has 0 saturated heterocycles. The third-order valence-corrected chi connectivity index (χ3v) is 4.74. The van der Waals surface area contributed by atoms with Crippen LogP contribution in [0.1, 0.15) is 38.8 Å². The van der Waals surface area contributed by atoms with Crippen LogP contribution in [0, 0.1) is 0 Å². The van der Waals surface area contributed by atoms with E-state index in [9.17, 15) is 4.79 Å². The second-order valence-electron chi connectivity index (χ2n) is 5.93. The summed E-state index contributed by atoms with van der Waals surface area (Å²) in [4.78, 5) is 15.2. The predicted molar refractivity (Wildman–Crippen MR) is 86.2 cm³/mol. The van der Waals surface area contributed by atoms with E-state index in [2.05, 4.69) is 28.1 Å². The maximum absolute atomic E-state index is 12.2. The lowest BCUT2D eigenvalue weighted by atomic mass is 10.0. The fourth-order valence-electron chi connectivity index (χ4n) is 2.21. The summed E-state index contributed by atoms with van der Waals surface area (Å²) in [5.41, 5.74) is 0.735. The van der Waals surface area contributed by atoms with Gasteiger partial charge in [0.2, 0.25) is 0 Å². The predicted octanol–water partition coefficient (Wildman–Crippen LogP) is 4.85. The summed E-state index contributed by atoms with van der Waals surface area (Å²) in [6.45, 7) is 5.67. The second kappa shape index (κ2) is 5.98. The zero-order chi connectivity index (χ0) is 14.9. The molecule has 1 amide bonds. The summed E-state index contributed by atoms with van der Waals surface area (Å²) in [5, 5.41) is 0. The molecule has 5 heteroatoms. The van der Waals surface area contributed by atoms with Crippen molar-refractivity contribution >= 4 is 33.8 Å². The van der Waals surface area contributed by atoms with Crippen LogP contribution in [0.15, 0.2) is 27.6 Å². The number of carbonyl (C=O) groups is 1. The molecule has 1 aliphatic heterocycles. The summed E-state index contributed by atoms with van der Waals surface area (Å²) in [6, 6.07) is 6.34. The number of amides is 1. The van der Waals surface area contributed by atoms with Crippen molar-refractivity contribution in [3.63, 3.8) is 0 Å². The fourth-order valence-corrected chi connectivity index (χ4v) is 3.68. The highest BCUT2D eigenvalue weighted by Gasteiger charge is 2.30. The minimum Gasteiger partial charge on any atom is -0.444 e. The molecule has 0 fully saturated rings. The van der Waals surface area contributed by atoms with E-state index in [0.29, 0.717) is 0 Å². The zero-order valence-corrected chi connectivity index (χ0v) is 14.7. The van der Waals surface area contributed by atoms with Crippen LogP contribution in [0.2, 0.25) is 0 Å². The standard InChI is InChI=1S/C15H20BrNO2S/c1-15(2,3)19-14(18)17(4)12-7-8-20-13-6-5-10(16)9-11(12)13/h5-6,9,12H,7-8H2,1-4H3. The number of thioether (sulfide) groups is 1. The van der Waals surface area contributed by atoms with Crippen molar-refractivity contribution in [2.75, 3.05) is 12.8 Å². The molecule has 2 rings (SSSR count). The number of carbonyl (C=O) groups excluding carboxylic acids is 1. The average Bonchev–Trinajstić information content (AvgIpc) is 2.35. The van der Waals surface area contributed by atoms with Gasteiger partial charge in [0.05, 0.1) is 6.04 Å². The molecular formula is C15H20BrNO2S. The van der Waals surface area contributed by atoms with Crippen molar-refractivity contribution in [3.05, 3.63) is 28.2 Å². The van der Waals surface area contributed by atoms with Gasteiger partial charge in [-0.1, -0.05) is 15.9 Å². The first-order chi connectivity index (χ1) is 9.28. The molecular weight excluding hydrogens is 338 g/mol. The van der Waals surface area contributed by atoms with Crippen molar-refractivity contribution < 1.29 is 9.53 Å². The summed E-state index contributed by atoms with van der Waals surface area (Å²) in [6.07, 6.45) is 0.685. The first kappa shape index (κ1) is 15.7. The molecule has 3 nitrogen and oxygen atoms in total. The summed E-state index contributed by atoms with van der Waals surface area (Å²) in [5.74, 6) is 1.02. The van der Waals surface area contributed by atoms with Gasteiger partial charge >= 0.3 is 6.09 Å². The monoisotopic (exact) mass is 357 g/mol. The molecule has 0 aliphatic carbocycles. The van der Waals surface area contributed by atoms with Crippen LogP contribution in [0.25, 0.3) is 0 Å². The maximum atomic E-state index is 12.2. The lowest BCUT2D eigenvalue weighted by molar-refractivity contribution is 0.0213. The number of hydrogen-bond donors (Lipinski definition) is 0. The van der Waals surface area contributed by atoms with E-state index in [0.717, 1.165) is 16.6 Å². The Morgan fingerprint density at radius 2 is 2.15 bits per heavy atom. The summed E-state index contributed by atoms with van der Waals surface area (Å²) in [7, 11) is 1.82. The van der Waals surface area contributed by atoms with Gasteiger partial charge in [-0.25, -0.2) is 4.79 Å². The SMILES string of the molecule is CN(C(=O)OC(C)(C)C)C1CCSc2ccc(Br)cc21. The van der Waals surface area contributed by atoms with E-state index in [-0.39, 0.29) is 12.1 Å². The Balaban J connectivity index is 2.22. The van der Waals surface area contributed by atoms with Crippen molar-refractivity contribution in [2.45, 2.75) is 43.7 Å². The number of rotatable bonds is 1. The van der Waals surface area contributed by atoms with Gasteiger partial charge < -0.3 is 9.64 Å². The molecule has 0 spiro atoms. The van der Waals surface area contributed by atoms with Gasteiger partial charge in [0.15, 0.2) is 0 Å². The van der Waals surface area contributed by atoms with E-state index in [1.807, 2.05) is 45.6 Å². The van der Waals surface area contributed by atoms with Gasteiger partial charge in [0.1, 0.15) is 5.60 Å². The summed E-state index contributed by atoms with van der Waals surface area (Å²) < 4.78 is 6.51. The van der Waals surface area contributed by atoms with E-state index in [4.69, 9.17) is 4.74 Å². The highest BCUT2D eigenvalue weighted by molar-refractivity contribution is 9.10. The number of halogens is 1. The normalized spacial score (nSPS) is 18.4. The number of ether oxygens (including phenoxy) is 1. The third kappa shape index (κ3) is 3.70. The first-order valence-electron chi connectivity index (χ1n) is 6.66. The smallest absolute Gasteiger partial charge is 0.410 e. The van der Waals surface area contributed by atoms with Crippen LogP contribution in [0.5, 0.6) is 0 Å². The molecule has 0 aromatic heterocycles. The Morgan fingerprint density at radius 3 is 2.80 bits per heavy atom. The largest absolute Gasteiger partial charge is 0.444 e. The molecule has 0 radical (unpaired) electrons. The van der Waals surface area contributed by atoms with E-state index >= 15 is 0 Å². The molecule has 0 N–H and O–H groups in total. The average molecular weight is 358 g/mol. The molecule has 0 saturated carbocycles. The van der Waals surface area contributed by atoms with Gasteiger partial charge in [0, 0.05) is 22.2 Å². The number of fused-ring (bicyclic) bond motifs is 1. The van der Waals surface area contributed by atoms with Gasteiger partial charge in [-0.3, -0.25) is 0 Å². The third-order valence-electron chi connectivity index (χ3n) is 3.13. The van der Waals surface area contributed by atoms with Gasteiger partial charge in [0.25, 0.3) is 0 Å². The molecule has 1 unspecified atom stereocenters. The quantitative estimate of drug-likeness (QED) is 0.719. The molecule has 110 valence electrons. The zero-order valence-electron chi connectivity index (χ0n) is 12.3. The molecule has 20 heavy (non-hydrogen) atoms. The minimum absolute atomic E-state index is 0.0820.